The lowest BCUT2D eigenvalue weighted by Crippen LogP contribution is -2.17. The molecule has 1 atom stereocenters. The van der Waals surface area contributed by atoms with Crippen LogP contribution in [0.2, 0.25) is 5.02 Å². The largest absolute Gasteiger partial charge is 0.313 e. The smallest absolute Gasteiger partial charge is 0.0628 e. The van der Waals surface area contributed by atoms with Gasteiger partial charge >= 0.3 is 0 Å². The number of aryl methyl sites for hydroxylation is 2. The van der Waals surface area contributed by atoms with E-state index in [4.69, 9.17) is 11.6 Å². The summed E-state index contributed by atoms with van der Waals surface area (Å²) >= 11 is 5.95. The Morgan fingerprint density at radius 3 is 2.40 bits per heavy atom. The molecular formula is C16H22ClN3. The van der Waals surface area contributed by atoms with E-state index in [9.17, 15) is 0 Å². The SMILES string of the molecule is CNC(CCc1c(C)nn(C)c1C)c1ccc(Cl)cc1. The van der Waals surface area contributed by atoms with Crippen LogP contribution < -0.4 is 5.32 Å². The Kier molecular flexibility index (Phi) is 4.84. The Morgan fingerprint density at radius 2 is 1.90 bits per heavy atom. The fraction of sp³-hybridized carbons (Fsp3) is 0.438. The number of benzene rings is 1. The second-order valence-corrected chi connectivity index (χ2v) is 5.64. The van der Waals surface area contributed by atoms with Gasteiger partial charge < -0.3 is 5.32 Å². The molecule has 0 saturated carbocycles. The van der Waals surface area contributed by atoms with E-state index in [-0.39, 0.29) is 0 Å². The van der Waals surface area contributed by atoms with E-state index in [0.29, 0.717) is 6.04 Å². The average Bonchev–Trinajstić information content (AvgIpc) is 2.67. The number of halogens is 1. The molecule has 0 aliphatic rings. The first-order chi connectivity index (χ1) is 9.52. The van der Waals surface area contributed by atoms with E-state index in [2.05, 4.69) is 36.4 Å². The molecule has 1 aromatic carbocycles. The molecule has 0 bridgehead atoms. The zero-order valence-electron chi connectivity index (χ0n) is 12.6. The molecule has 0 fully saturated rings. The topological polar surface area (TPSA) is 29.9 Å². The van der Waals surface area contributed by atoms with Crippen molar-refractivity contribution in [2.24, 2.45) is 7.05 Å². The van der Waals surface area contributed by atoms with Gasteiger partial charge in [0.1, 0.15) is 0 Å². The molecule has 2 aromatic rings. The molecule has 0 saturated heterocycles. The van der Waals surface area contributed by atoms with Crippen molar-refractivity contribution in [2.45, 2.75) is 32.7 Å². The molecule has 2 rings (SSSR count). The van der Waals surface area contributed by atoms with Crippen molar-refractivity contribution in [3.8, 4) is 0 Å². The van der Waals surface area contributed by atoms with E-state index in [1.54, 1.807) is 0 Å². The number of hydrogen-bond acceptors (Lipinski definition) is 2. The van der Waals surface area contributed by atoms with Crippen LogP contribution in [0.15, 0.2) is 24.3 Å². The number of nitrogens with one attached hydrogen (secondary N) is 1. The fourth-order valence-corrected chi connectivity index (χ4v) is 2.77. The Labute approximate surface area is 126 Å². The molecular weight excluding hydrogens is 270 g/mol. The van der Waals surface area contributed by atoms with Crippen molar-refractivity contribution in [2.75, 3.05) is 7.05 Å². The van der Waals surface area contributed by atoms with Crippen molar-refractivity contribution >= 4 is 11.6 Å². The molecule has 1 aromatic heterocycles. The zero-order valence-corrected chi connectivity index (χ0v) is 13.3. The third-order valence-corrected chi connectivity index (χ3v) is 4.21. The first-order valence-corrected chi connectivity index (χ1v) is 7.32. The molecule has 0 radical (unpaired) electrons. The highest BCUT2D eigenvalue weighted by Crippen LogP contribution is 2.23. The Bertz CT molecular complexity index is 572. The van der Waals surface area contributed by atoms with Crippen LogP contribution in [0, 0.1) is 13.8 Å². The van der Waals surface area contributed by atoms with Crippen molar-refractivity contribution in [1.82, 2.24) is 15.1 Å². The van der Waals surface area contributed by atoms with Gasteiger partial charge in [0.15, 0.2) is 0 Å². The van der Waals surface area contributed by atoms with Crippen molar-refractivity contribution in [3.05, 3.63) is 51.8 Å². The molecule has 0 amide bonds. The van der Waals surface area contributed by atoms with Gasteiger partial charge in [0, 0.05) is 23.8 Å². The van der Waals surface area contributed by atoms with Gasteiger partial charge in [0.25, 0.3) is 0 Å². The summed E-state index contributed by atoms with van der Waals surface area (Å²) in [6.07, 6.45) is 2.07. The predicted octanol–water partition coefficient (Wildman–Crippen LogP) is 3.58. The molecule has 4 heteroatoms. The molecule has 1 N–H and O–H groups in total. The standard InChI is InChI=1S/C16H22ClN3/c1-11-15(12(2)20(4)19-11)9-10-16(18-3)13-5-7-14(17)8-6-13/h5-8,16,18H,9-10H2,1-4H3. The molecule has 0 aliphatic carbocycles. The van der Waals surface area contributed by atoms with Gasteiger partial charge in [0.05, 0.1) is 5.69 Å². The highest BCUT2D eigenvalue weighted by atomic mass is 35.5. The molecule has 3 nitrogen and oxygen atoms in total. The quantitative estimate of drug-likeness (QED) is 0.912. The number of nitrogens with zero attached hydrogens (tertiary/aromatic N) is 2. The second kappa shape index (κ2) is 6.42. The van der Waals surface area contributed by atoms with E-state index >= 15 is 0 Å². The summed E-state index contributed by atoms with van der Waals surface area (Å²) in [7, 11) is 4.00. The maximum absolute atomic E-state index is 5.95. The van der Waals surface area contributed by atoms with Crippen molar-refractivity contribution in [1.29, 1.82) is 0 Å². The molecule has 0 aliphatic heterocycles. The Morgan fingerprint density at radius 1 is 1.25 bits per heavy atom. The lowest BCUT2D eigenvalue weighted by molar-refractivity contribution is 0.548. The highest BCUT2D eigenvalue weighted by Gasteiger charge is 2.13. The maximum atomic E-state index is 5.95. The fourth-order valence-electron chi connectivity index (χ4n) is 2.64. The summed E-state index contributed by atoms with van der Waals surface area (Å²) in [5.74, 6) is 0. The van der Waals surface area contributed by atoms with Crippen LogP contribution in [0.25, 0.3) is 0 Å². The summed E-state index contributed by atoms with van der Waals surface area (Å²) in [6.45, 7) is 4.21. The van der Waals surface area contributed by atoms with Crippen molar-refractivity contribution in [3.63, 3.8) is 0 Å². The normalized spacial score (nSPS) is 12.7. The first kappa shape index (κ1) is 15.1. The third kappa shape index (κ3) is 3.22. The first-order valence-electron chi connectivity index (χ1n) is 6.94. The molecule has 1 unspecified atom stereocenters. The van der Waals surface area contributed by atoms with Crippen LogP contribution in [0.5, 0.6) is 0 Å². The van der Waals surface area contributed by atoms with Gasteiger partial charge in [-0.1, -0.05) is 23.7 Å². The van der Waals surface area contributed by atoms with Crippen LogP contribution in [-0.4, -0.2) is 16.8 Å². The zero-order chi connectivity index (χ0) is 14.7. The summed E-state index contributed by atoms with van der Waals surface area (Å²) in [6, 6.07) is 8.41. The molecule has 1 heterocycles. The van der Waals surface area contributed by atoms with E-state index in [1.165, 1.54) is 16.8 Å². The Hall–Kier alpha value is -1.32. The summed E-state index contributed by atoms with van der Waals surface area (Å²) in [4.78, 5) is 0. The predicted molar refractivity (Wildman–Crippen MR) is 84.3 cm³/mol. The van der Waals surface area contributed by atoms with Crippen molar-refractivity contribution < 1.29 is 0 Å². The van der Waals surface area contributed by atoms with Crippen LogP contribution in [0.1, 0.15) is 35.0 Å². The van der Waals surface area contributed by atoms with Crippen LogP contribution in [-0.2, 0) is 13.5 Å². The van der Waals surface area contributed by atoms with Crippen LogP contribution in [0.4, 0.5) is 0 Å². The summed E-state index contributed by atoms with van der Waals surface area (Å²) < 4.78 is 1.96. The highest BCUT2D eigenvalue weighted by molar-refractivity contribution is 6.30. The van der Waals surface area contributed by atoms with E-state index < -0.39 is 0 Å². The van der Waals surface area contributed by atoms with E-state index in [1.807, 2.05) is 30.9 Å². The lowest BCUT2D eigenvalue weighted by Gasteiger charge is -2.17. The minimum Gasteiger partial charge on any atom is -0.313 e. The second-order valence-electron chi connectivity index (χ2n) is 5.20. The maximum Gasteiger partial charge on any atom is 0.0628 e. The summed E-state index contributed by atoms with van der Waals surface area (Å²) in [5.41, 5.74) is 5.03. The average molecular weight is 292 g/mol. The van der Waals surface area contributed by atoms with Gasteiger partial charge in [0.2, 0.25) is 0 Å². The Balaban J connectivity index is 2.09. The van der Waals surface area contributed by atoms with Gasteiger partial charge in [-0.15, -0.1) is 0 Å². The monoisotopic (exact) mass is 291 g/mol. The van der Waals surface area contributed by atoms with Gasteiger partial charge in [-0.2, -0.15) is 5.10 Å². The van der Waals surface area contributed by atoms with Gasteiger partial charge in [-0.25, -0.2) is 0 Å². The summed E-state index contributed by atoms with van der Waals surface area (Å²) in [5, 5.41) is 8.64. The number of hydrogen-bond donors (Lipinski definition) is 1. The minimum absolute atomic E-state index is 0.339. The van der Waals surface area contributed by atoms with Crippen LogP contribution in [0.3, 0.4) is 0 Å². The number of rotatable bonds is 5. The molecule has 20 heavy (non-hydrogen) atoms. The van der Waals surface area contributed by atoms with Crippen LogP contribution >= 0.6 is 11.6 Å². The van der Waals surface area contributed by atoms with Gasteiger partial charge in [-0.05, 0) is 57.0 Å². The molecule has 0 spiro atoms. The van der Waals surface area contributed by atoms with E-state index in [0.717, 1.165) is 23.6 Å². The third-order valence-electron chi connectivity index (χ3n) is 3.96. The lowest BCUT2D eigenvalue weighted by atomic mass is 9.98. The number of aromatic nitrogens is 2. The molecule has 108 valence electrons. The van der Waals surface area contributed by atoms with Gasteiger partial charge in [-0.3, -0.25) is 4.68 Å². The minimum atomic E-state index is 0.339.